The fraction of sp³-hybridized carbons (Fsp3) is 0.571. The molecule has 3 unspecified atom stereocenters. The quantitative estimate of drug-likeness (QED) is 0.738. The van der Waals surface area contributed by atoms with Gasteiger partial charge in [0.2, 0.25) is 11.8 Å². The second-order valence-corrected chi connectivity index (χ2v) is 7.72. The van der Waals surface area contributed by atoms with Gasteiger partial charge in [-0.3, -0.25) is 9.59 Å². The van der Waals surface area contributed by atoms with E-state index in [0.29, 0.717) is 19.0 Å². The first-order valence-corrected chi connectivity index (χ1v) is 10.4. The molecule has 29 heavy (non-hydrogen) atoms. The first-order chi connectivity index (χ1) is 14.1. The van der Waals surface area contributed by atoms with Gasteiger partial charge in [0.1, 0.15) is 18.5 Å². The van der Waals surface area contributed by atoms with Crippen LogP contribution in [-0.4, -0.2) is 53.3 Å². The van der Waals surface area contributed by atoms with E-state index >= 15 is 0 Å². The van der Waals surface area contributed by atoms with Crippen molar-refractivity contribution in [3.63, 3.8) is 0 Å². The highest BCUT2D eigenvalue weighted by molar-refractivity contribution is 5.83. The summed E-state index contributed by atoms with van der Waals surface area (Å²) in [7, 11) is 0. The number of ether oxygens (including phenoxy) is 2. The molecule has 2 aromatic rings. The summed E-state index contributed by atoms with van der Waals surface area (Å²) in [5.74, 6) is 0.434. The number of benzene rings is 1. The minimum atomic E-state index is -0.398. The first kappa shape index (κ1) is 19.8. The molecule has 3 heterocycles. The number of carbonyl (C=O) groups excluding carboxylic acids is 2. The lowest BCUT2D eigenvalue weighted by atomic mass is 10.2. The van der Waals surface area contributed by atoms with Gasteiger partial charge in [-0.2, -0.15) is 0 Å². The Labute approximate surface area is 169 Å². The second-order valence-electron chi connectivity index (χ2n) is 7.72. The van der Waals surface area contributed by atoms with Crippen LogP contribution in [0, 0.1) is 0 Å². The van der Waals surface area contributed by atoms with Crippen LogP contribution in [0.5, 0.6) is 0 Å². The van der Waals surface area contributed by atoms with E-state index in [2.05, 4.69) is 15.6 Å². The van der Waals surface area contributed by atoms with E-state index in [1.54, 1.807) is 0 Å². The van der Waals surface area contributed by atoms with Crippen LogP contribution < -0.4 is 10.6 Å². The molecule has 2 saturated heterocycles. The molecule has 1 aromatic carbocycles. The smallest absolute Gasteiger partial charge is 0.249 e. The van der Waals surface area contributed by atoms with Gasteiger partial charge in [-0.15, -0.1) is 0 Å². The van der Waals surface area contributed by atoms with Crippen LogP contribution in [0.25, 0.3) is 11.0 Å². The van der Waals surface area contributed by atoms with E-state index in [9.17, 15) is 9.59 Å². The molecule has 0 radical (unpaired) electrons. The van der Waals surface area contributed by atoms with Crippen molar-refractivity contribution in [3.05, 3.63) is 30.1 Å². The zero-order chi connectivity index (χ0) is 20.2. The summed E-state index contributed by atoms with van der Waals surface area (Å²) in [6.07, 6.45) is 3.36. The van der Waals surface area contributed by atoms with Gasteiger partial charge in [0, 0.05) is 19.8 Å². The molecule has 8 heteroatoms. The van der Waals surface area contributed by atoms with Crippen molar-refractivity contribution >= 4 is 22.8 Å². The summed E-state index contributed by atoms with van der Waals surface area (Å²) < 4.78 is 12.9. The maximum absolute atomic E-state index is 12.6. The number of hydrogen-bond donors (Lipinski definition) is 2. The third-order valence-electron chi connectivity index (χ3n) is 5.50. The Hall–Kier alpha value is -2.45. The van der Waals surface area contributed by atoms with Crippen LogP contribution in [0.15, 0.2) is 24.3 Å². The molecule has 8 nitrogen and oxygen atoms in total. The van der Waals surface area contributed by atoms with Gasteiger partial charge in [0.15, 0.2) is 0 Å². The Morgan fingerprint density at radius 2 is 2.00 bits per heavy atom. The predicted molar refractivity (Wildman–Crippen MR) is 107 cm³/mol. The van der Waals surface area contributed by atoms with Crippen molar-refractivity contribution in [2.24, 2.45) is 0 Å². The average Bonchev–Trinajstić information content (AvgIpc) is 3.47. The molecule has 2 amide bonds. The Balaban J connectivity index is 1.48. The normalized spacial score (nSPS) is 22.7. The maximum atomic E-state index is 12.6. The minimum Gasteiger partial charge on any atom is -0.376 e. The number of carbonyl (C=O) groups is 2. The lowest BCUT2D eigenvalue weighted by Crippen LogP contribution is -2.38. The van der Waals surface area contributed by atoms with Crippen molar-refractivity contribution in [1.82, 2.24) is 20.2 Å². The summed E-state index contributed by atoms with van der Waals surface area (Å²) in [6, 6.07) is 7.34. The molecule has 4 rings (SSSR count). The van der Waals surface area contributed by atoms with E-state index in [1.165, 1.54) is 0 Å². The van der Waals surface area contributed by atoms with Crippen molar-refractivity contribution in [2.45, 2.75) is 57.4 Å². The summed E-state index contributed by atoms with van der Waals surface area (Å²) in [4.78, 5) is 29.7. The van der Waals surface area contributed by atoms with Crippen molar-refractivity contribution in [3.8, 4) is 0 Å². The van der Waals surface area contributed by atoms with E-state index in [1.807, 2.05) is 35.8 Å². The van der Waals surface area contributed by atoms with Gasteiger partial charge in [-0.1, -0.05) is 12.1 Å². The van der Waals surface area contributed by atoms with Gasteiger partial charge < -0.3 is 24.7 Å². The maximum Gasteiger partial charge on any atom is 0.249 e. The number of hydrogen-bond acceptors (Lipinski definition) is 5. The highest BCUT2D eigenvalue weighted by Gasteiger charge is 2.27. The van der Waals surface area contributed by atoms with Crippen LogP contribution in [0.4, 0.5) is 0 Å². The molecule has 2 N–H and O–H groups in total. The number of fused-ring (bicyclic) bond motifs is 1. The van der Waals surface area contributed by atoms with Crippen LogP contribution in [0.2, 0.25) is 0 Å². The average molecular weight is 400 g/mol. The lowest BCUT2D eigenvalue weighted by Gasteiger charge is -2.18. The summed E-state index contributed by atoms with van der Waals surface area (Å²) in [5, 5.41) is 5.95. The Bertz CT molecular complexity index is 869. The number of nitrogens with zero attached hydrogens (tertiary/aromatic N) is 2. The molecular weight excluding hydrogens is 372 g/mol. The second kappa shape index (κ2) is 8.92. The molecule has 2 fully saturated rings. The van der Waals surface area contributed by atoms with E-state index in [-0.39, 0.29) is 30.5 Å². The number of imidazole rings is 1. The highest BCUT2D eigenvalue weighted by Crippen LogP contribution is 2.22. The lowest BCUT2D eigenvalue weighted by molar-refractivity contribution is -0.130. The Kier molecular flexibility index (Phi) is 6.10. The zero-order valence-corrected chi connectivity index (χ0v) is 16.7. The standard InChI is InChI=1S/C21H28N4O4/c1-14(23-21(27)18-9-5-11-29-18)20-24-16-7-2-3-8-17(16)25(20)13-19(26)22-12-15-6-4-10-28-15/h2-3,7-8,14-15,18H,4-6,9-13H2,1H3,(H,22,26)(H,23,27). The Morgan fingerprint density at radius 3 is 2.76 bits per heavy atom. The molecule has 0 spiro atoms. The van der Waals surface area contributed by atoms with Crippen LogP contribution in [0.3, 0.4) is 0 Å². The Morgan fingerprint density at radius 1 is 1.21 bits per heavy atom. The first-order valence-electron chi connectivity index (χ1n) is 10.4. The largest absolute Gasteiger partial charge is 0.376 e. The van der Waals surface area contributed by atoms with Crippen LogP contribution in [-0.2, 0) is 25.6 Å². The number of nitrogens with one attached hydrogen (secondary N) is 2. The van der Waals surface area contributed by atoms with Gasteiger partial charge in [-0.05, 0) is 44.7 Å². The van der Waals surface area contributed by atoms with Crippen molar-refractivity contribution < 1.29 is 19.1 Å². The molecule has 0 bridgehead atoms. The molecule has 1 aromatic heterocycles. The molecule has 3 atom stereocenters. The van der Waals surface area contributed by atoms with E-state index in [0.717, 1.165) is 43.3 Å². The summed E-state index contributed by atoms with van der Waals surface area (Å²) in [6.45, 7) is 3.93. The van der Waals surface area contributed by atoms with Crippen molar-refractivity contribution in [1.29, 1.82) is 0 Å². The SMILES string of the molecule is CC(NC(=O)C1CCCO1)c1nc2ccccc2n1CC(=O)NCC1CCCO1. The van der Waals surface area contributed by atoms with Gasteiger partial charge in [0.05, 0.1) is 23.2 Å². The fourth-order valence-electron chi connectivity index (χ4n) is 3.98. The van der Waals surface area contributed by atoms with Gasteiger partial charge in [0.25, 0.3) is 0 Å². The van der Waals surface area contributed by atoms with E-state index in [4.69, 9.17) is 9.47 Å². The predicted octanol–water partition coefficient (Wildman–Crippen LogP) is 1.69. The number of para-hydroxylation sites is 2. The molecule has 156 valence electrons. The van der Waals surface area contributed by atoms with Crippen molar-refractivity contribution in [2.75, 3.05) is 19.8 Å². The molecule has 2 aliphatic heterocycles. The number of amides is 2. The van der Waals surface area contributed by atoms with Crippen LogP contribution in [0.1, 0.15) is 44.5 Å². The minimum absolute atomic E-state index is 0.0949. The topological polar surface area (TPSA) is 94.5 Å². The summed E-state index contributed by atoms with van der Waals surface area (Å²) >= 11 is 0. The molecule has 0 aliphatic carbocycles. The molecule has 2 aliphatic rings. The monoisotopic (exact) mass is 400 g/mol. The van der Waals surface area contributed by atoms with Gasteiger partial charge >= 0.3 is 0 Å². The molecule has 0 saturated carbocycles. The third-order valence-corrected chi connectivity index (χ3v) is 5.50. The number of aromatic nitrogens is 2. The fourth-order valence-corrected chi connectivity index (χ4v) is 3.98. The number of rotatable bonds is 7. The van der Waals surface area contributed by atoms with Gasteiger partial charge in [-0.25, -0.2) is 4.98 Å². The van der Waals surface area contributed by atoms with E-state index < -0.39 is 6.10 Å². The molecular formula is C21H28N4O4. The summed E-state index contributed by atoms with van der Waals surface area (Å²) in [5.41, 5.74) is 1.67. The third kappa shape index (κ3) is 4.59. The van der Waals surface area contributed by atoms with Crippen LogP contribution >= 0.6 is 0 Å². The highest BCUT2D eigenvalue weighted by atomic mass is 16.5. The zero-order valence-electron chi connectivity index (χ0n) is 16.7.